The molecule has 7 nitrogen and oxygen atoms in total. The topological polar surface area (TPSA) is 76.5 Å². The van der Waals surface area contributed by atoms with Crippen LogP contribution in [-0.4, -0.2) is 52.3 Å². The Bertz CT molecular complexity index is 929. The van der Waals surface area contributed by atoms with Crippen LogP contribution in [0.4, 0.5) is 10.1 Å². The van der Waals surface area contributed by atoms with Crippen LogP contribution in [0, 0.1) is 11.7 Å². The van der Waals surface area contributed by atoms with Gasteiger partial charge in [-0.15, -0.1) is 0 Å². The van der Waals surface area contributed by atoms with E-state index in [9.17, 15) is 14.0 Å². The first-order valence-corrected chi connectivity index (χ1v) is 11.5. The summed E-state index contributed by atoms with van der Waals surface area (Å²) in [4.78, 5) is 27.4. The number of rotatable bonds is 6. The molecular weight excluding hydrogens is 411 g/mol. The number of amides is 2. The first kappa shape index (κ1) is 22.5. The molecule has 172 valence electrons. The van der Waals surface area contributed by atoms with Gasteiger partial charge in [0.2, 0.25) is 5.91 Å². The van der Waals surface area contributed by atoms with Gasteiger partial charge in [0.1, 0.15) is 5.82 Å². The van der Waals surface area contributed by atoms with Crippen LogP contribution in [-0.2, 0) is 23.0 Å². The second-order valence-electron chi connectivity index (χ2n) is 8.85. The smallest absolute Gasteiger partial charge is 0.259 e. The molecule has 0 bridgehead atoms. The van der Waals surface area contributed by atoms with Crippen molar-refractivity contribution in [2.24, 2.45) is 13.0 Å². The first-order chi connectivity index (χ1) is 15.5. The molecule has 0 radical (unpaired) electrons. The fourth-order valence-electron chi connectivity index (χ4n) is 4.56. The van der Waals surface area contributed by atoms with E-state index in [1.54, 1.807) is 17.9 Å². The summed E-state index contributed by atoms with van der Waals surface area (Å²) in [5.41, 5.74) is 1.83. The minimum atomic E-state index is -0.346. The van der Waals surface area contributed by atoms with Gasteiger partial charge in [-0.05, 0) is 68.7 Å². The zero-order chi connectivity index (χ0) is 22.5. The van der Waals surface area contributed by atoms with E-state index >= 15 is 0 Å². The van der Waals surface area contributed by atoms with E-state index in [2.05, 4.69) is 10.4 Å². The molecule has 8 heteroatoms. The number of carbonyl (C=O) groups is 2. The van der Waals surface area contributed by atoms with Gasteiger partial charge in [-0.1, -0.05) is 0 Å². The number of hydrogen-bond acceptors (Lipinski definition) is 4. The normalized spacial score (nSPS) is 19.7. The van der Waals surface area contributed by atoms with Crippen LogP contribution in [0.5, 0.6) is 0 Å². The van der Waals surface area contributed by atoms with Gasteiger partial charge in [0, 0.05) is 38.6 Å². The lowest BCUT2D eigenvalue weighted by Crippen LogP contribution is -2.41. The zero-order valence-electron chi connectivity index (χ0n) is 18.6. The average molecular weight is 443 g/mol. The number of carbonyl (C=O) groups excluding carboxylic acids is 2. The summed E-state index contributed by atoms with van der Waals surface area (Å²) in [6.45, 7) is 2.24. The second kappa shape index (κ2) is 10.3. The molecule has 2 aliphatic heterocycles. The van der Waals surface area contributed by atoms with Crippen LogP contribution in [0.1, 0.15) is 54.6 Å². The number of aryl methyl sites for hydroxylation is 1. The Balaban J connectivity index is 1.30. The van der Waals surface area contributed by atoms with Gasteiger partial charge >= 0.3 is 0 Å². The lowest BCUT2D eigenvalue weighted by molar-refractivity contribution is -0.136. The number of hydrogen-bond donors (Lipinski definition) is 1. The Labute approximate surface area is 187 Å². The van der Waals surface area contributed by atoms with E-state index in [0.717, 1.165) is 57.5 Å². The number of aromatic nitrogens is 2. The van der Waals surface area contributed by atoms with Gasteiger partial charge in [0.25, 0.3) is 5.91 Å². The van der Waals surface area contributed by atoms with Crippen molar-refractivity contribution in [2.45, 2.75) is 51.0 Å². The van der Waals surface area contributed by atoms with Crippen LogP contribution in [0.25, 0.3) is 0 Å². The van der Waals surface area contributed by atoms with Crippen LogP contribution >= 0.6 is 0 Å². The Morgan fingerprint density at radius 3 is 2.59 bits per heavy atom. The lowest BCUT2D eigenvalue weighted by atomic mass is 9.90. The highest BCUT2D eigenvalue weighted by atomic mass is 19.1. The molecule has 32 heavy (non-hydrogen) atoms. The van der Waals surface area contributed by atoms with Crippen LogP contribution in [0.2, 0.25) is 0 Å². The Morgan fingerprint density at radius 2 is 1.91 bits per heavy atom. The molecule has 2 amide bonds. The third kappa shape index (κ3) is 5.73. The SMILES string of the molecule is Cn1cc(C(=O)Nc2ccc(F)cc2)c(CC2CCN(C(=O)C[C@@H]3CCCCO3)CC2)n1. The number of likely N-dealkylation sites (tertiary alicyclic amines) is 1. The highest BCUT2D eigenvalue weighted by Gasteiger charge is 2.27. The number of nitrogens with one attached hydrogen (secondary N) is 1. The van der Waals surface area contributed by atoms with Gasteiger partial charge in [-0.2, -0.15) is 5.10 Å². The molecule has 1 N–H and O–H groups in total. The summed E-state index contributed by atoms with van der Waals surface area (Å²) in [7, 11) is 1.80. The van der Waals surface area contributed by atoms with Gasteiger partial charge in [0.15, 0.2) is 0 Å². The van der Waals surface area contributed by atoms with Crippen LogP contribution in [0.3, 0.4) is 0 Å². The maximum atomic E-state index is 13.1. The molecule has 0 unspecified atom stereocenters. The third-order valence-corrected chi connectivity index (χ3v) is 6.38. The highest BCUT2D eigenvalue weighted by molar-refractivity contribution is 6.04. The third-order valence-electron chi connectivity index (χ3n) is 6.38. The summed E-state index contributed by atoms with van der Waals surface area (Å²) in [6, 6.07) is 5.70. The fraction of sp³-hybridized carbons (Fsp3) is 0.542. The number of anilines is 1. The molecule has 4 rings (SSSR count). The monoisotopic (exact) mass is 442 g/mol. The van der Waals surface area contributed by atoms with E-state index in [4.69, 9.17) is 4.74 Å². The van der Waals surface area contributed by atoms with Crippen molar-refractivity contribution in [3.05, 3.63) is 47.5 Å². The standard InChI is InChI=1S/C24H31FN4O3/c1-28-16-21(24(31)26-19-7-5-18(25)6-8-19)22(27-28)14-17-9-11-29(12-10-17)23(30)15-20-4-2-3-13-32-20/h5-8,16-17,20H,2-4,9-15H2,1H3,(H,26,31)/t20-/m0/s1. The summed E-state index contributed by atoms with van der Waals surface area (Å²) >= 11 is 0. The Morgan fingerprint density at radius 1 is 1.16 bits per heavy atom. The molecule has 0 spiro atoms. The van der Waals surface area contributed by atoms with Crippen molar-refractivity contribution in [2.75, 3.05) is 25.0 Å². The van der Waals surface area contributed by atoms with Crippen molar-refractivity contribution in [3.63, 3.8) is 0 Å². The maximum absolute atomic E-state index is 13.1. The number of halogens is 1. The minimum absolute atomic E-state index is 0.0738. The summed E-state index contributed by atoms with van der Waals surface area (Å²) in [5, 5.41) is 7.33. The molecule has 1 aromatic heterocycles. The van der Waals surface area contributed by atoms with Crippen molar-refractivity contribution in [3.8, 4) is 0 Å². The average Bonchev–Trinajstić information content (AvgIpc) is 3.16. The molecule has 2 fully saturated rings. The molecule has 2 aromatic rings. The fourth-order valence-corrected chi connectivity index (χ4v) is 4.56. The van der Waals surface area contributed by atoms with Gasteiger partial charge in [-0.25, -0.2) is 4.39 Å². The number of piperidine rings is 1. The van der Waals surface area contributed by atoms with Crippen LogP contribution < -0.4 is 5.32 Å². The largest absolute Gasteiger partial charge is 0.378 e. The zero-order valence-corrected chi connectivity index (χ0v) is 18.6. The molecular formula is C24H31FN4O3. The van der Waals surface area contributed by atoms with Crippen molar-refractivity contribution < 1.29 is 18.7 Å². The number of benzene rings is 1. The number of nitrogens with zero attached hydrogens (tertiary/aromatic N) is 3. The predicted octanol–water partition coefficient (Wildman–Crippen LogP) is 3.55. The molecule has 3 heterocycles. The summed E-state index contributed by atoms with van der Waals surface area (Å²) < 4.78 is 20.5. The van der Waals surface area contributed by atoms with Gasteiger partial charge < -0.3 is 15.0 Å². The van der Waals surface area contributed by atoms with E-state index in [-0.39, 0.29) is 23.7 Å². The first-order valence-electron chi connectivity index (χ1n) is 11.5. The van der Waals surface area contributed by atoms with Crippen LogP contribution in [0.15, 0.2) is 30.5 Å². The van der Waals surface area contributed by atoms with Crippen molar-refractivity contribution >= 4 is 17.5 Å². The van der Waals surface area contributed by atoms with E-state index in [1.165, 1.54) is 24.3 Å². The second-order valence-corrected chi connectivity index (χ2v) is 8.85. The van der Waals surface area contributed by atoms with E-state index < -0.39 is 0 Å². The predicted molar refractivity (Wildman–Crippen MR) is 119 cm³/mol. The summed E-state index contributed by atoms with van der Waals surface area (Å²) in [6.07, 6.45) is 7.97. The lowest BCUT2D eigenvalue weighted by Gasteiger charge is -2.33. The minimum Gasteiger partial charge on any atom is -0.378 e. The number of ether oxygens (including phenoxy) is 1. The Kier molecular flexibility index (Phi) is 7.19. The van der Waals surface area contributed by atoms with Gasteiger partial charge in [0.05, 0.1) is 23.8 Å². The van der Waals surface area contributed by atoms with Gasteiger partial charge in [-0.3, -0.25) is 14.3 Å². The van der Waals surface area contributed by atoms with Crippen molar-refractivity contribution in [1.82, 2.24) is 14.7 Å². The van der Waals surface area contributed by atoms with E-state index in [0.29, 0.717) is 30.0 Å². The molecule has 2 saturated heterocycles. The molecule has 2 aliphatic rings. The van der Waals surface area contributed by atoms with Crippen molar-refractivity contribution in [1.29, 1.82) is 0 Å². The summed E-state index contributed by atoms with van der Waals surface area (Å²) in [5.74, 6) is -0.0363. The highest BCUT2D eigenvalue weighted by Crippen LogP contribution is 2.25. The molecule has 1 atom stereocenters. The maximum Gasteiger partial charge on any atom is 0.259 e. The molecule has 0 aliphatic carbocycles. The quantitative estimate of drug-likeness (QED) is 0.742. The molecule has 0 saturated carbocycles. The molecule has 1 aromatic carbocycles. The van der Waals surface area contributed by atoms with E-state index in [1.807, 2.05) is 4.90 Å². The Hall–Kier alpha value is -2.74.